The number of halogens is 1. The molecule has 0 spiro atoms. The van der Waals surface area contributed by atoms with Gasteiger partial charge in [-0.25, -0.2) is 4.39 Å². The molecule has 1 aliphatic carbocycles. The van der Waals surface area contributed by atoms with Gasteiger partial charge in [-0.05, 0) is 29.7 Å². The average Bonchev–Trinajstić information content (AvgIpc) is 2.84. The number of hydrogen-bond donors (Lipinski definition) is 2. The van der Waals surface area contributed by atoms with Gasteiger partial charge in [-0.2, -0.15) is 0 Å². The largest absolute Gasteiger partial charge is 0.354 e. The second-order valence-corrected chi connectivity index (χ2v) is 5.08. The molecule has 5 heteroatoms. The Morgan fingerprint density at radius 1 is 1.29 bits per heavy atom. The fourth-order valence-electron chi connectivity index (χ4n) is 2.84. The zero-order valence-corrected chi connectivity index (χ0v) is 11.4. The summed E-state index contributed by atoms with van der Waals surface area (Å²) in [5, 5.41) is 6.14. The Morgan fingerprint density at radius 2 is 2.14 bits per heavy atom. The monoisotopic (exact) mass is 285 g/mol. The summed E-state index contributed by atoms with van der Waals surface area (Å²) in [6.45, 7) is 0.322. The van der Waals surface area contributed by atoms with E-state index in [0.717, 1.165) is 12.0 Å². The number of hydrogen-bond acceptors (Lipinski definition) is 3. The van der Waals surface area contributed by atoms with E-state index in [9.17, 15) is 9.18 Å². The third-order valence-electron chi connectivity index (χ3n) is 3.84. The molecule has 0 bridgehead atoms. The van der Waals surface area contributed by atoms with Crippen molar-refractivity contribution in [3.8, 4) is 0 Å². The van der Waals surface area contributed by atoms with Crippen molar-refractivity contribution in [2.45, 2.75) is 25.0 Å². The first kappa shape index (κ1) is 13.7. The fraction of sp³-hybridized carbons (Fsp3) is 0.250. The summed E-state index contributed by atoms with van der Waals surface area (Å²) >= 11 is 0. The maximum atomic E-state index is 13.6. The summed E-state index contributed by atoms with van der Waals surface area (Å²) in [7, 11) is 0. The van der Waals surface area contributed by atoms with Crippen LogP contribution in [0.1, 0.15) is 22.9 Å². The van der Waals surface area contributed by atoms with Crippen molar-refractivity contribution in [2.24, 2.45) is 0 Å². The summed E-state index contributed by atoms with van der Waals surface area (Å²) in [6, 6.07) is 11.0. The minimum absolute atomic E-state index is 0.0216. The van der Waals surface area contributed by atoms with E-state index >= 15 is 0 Å². The molecule has 1 aromatic heterocycles. The normalized spacial score (nSPS) is 20.0. The number of nitrogens with one attached hydrogen (secondary N) is 2. The number of amides is 1. The first-order valence-electron chi connectivity index (χ1n) is 6.90. The molecule has 0 saturated heterocycles. The van der Waals surface area contributed by atoms with Crippen LogP contribution in [0, 0.1) is 5.82 Å². The molecule has 1 heterocycles. The van der Waals surface area contributed by atoms with E-state index in [1.165, 1.54) is 11.6 Å². The Balaban J connectivity index is 1.78. The van der Waals surface area contributed by atoms with Crippen molar-refractivity contribution in [2.75, 3.05) is 0 Å². The summed E-state index contributed by atoms with van der Waals surface area (Å²) in [4.78, 5) is 14.8. The topological polar surface area (TPSA) is 54.0 Å². The van der Waals surface area contributed by atoms with Crippen LogP contribution in [0.5, 0.6) is 0 Å². The van der Waals surface area contributed by atoms with E-state index in [2.05, 4.69) is 21.7 Å². The highest BCUT2D eigenvalue weighted by atomic mass is 19.1. The second kappa shape index (κ2) is 6.01. The van der Waals surface area contributed by atoms with Crippen LogP contribution in [0.15, 0.2) is 42.6 Å². The van der Waals surface area contributed by atoms with Crippen LogP contribution in [-0.2, 0) is 17.8 Å². The highest BCUT2D eigenvalue weighted by molar-refractivity contribution is 5.49. The van der Waals surface area contributed by atoms with Gasteiger partial charge in [0, 0.05) is 12.7 Å². The van der Waals surface area contributed by atoms with Gasteiger partial charge < -0.3 is 10.6 Å². The van der Waals surface area contributed by atoms with E-state index in [4.69, 9.17) is 0 Å². The highest BCUT2D eigenvalue weighted by Crippen LogP contribution is 2.31. The summed E-state index contributed by atoms with van der Waals surface area (Å²) in [5.74, 6) is -0.323. The van der Waals surface area contributed by atoms with Gasteiger partial charge in [0.25, 0.3) is 0 Å². The molecule has 2 atom stereocenters. The number of benzene rings is 1. The van der Waals surface area contributed by atoms with Gasteiger partial charge >= 0.3 is 0 Å². The Morgan fingerprint density at radius 3 is 2.95 bits per heavy atom. The smallest absolute Gasteiger partial charge is 0.207 e. The van der Waals surface area contributed by atoms with Gasteiger partial charge in [0.2, 0.25) is 6.41 Å². The van der Waals surface area contributed by atoms with Gasteiger partial charge in [-0.15, -0.1) is 0 Å². The molecule has 1 aliphatic rings. The molecule has 0 aliphatic heterocycles. The lowest BCUT2D eigenvalue weighted by atomic mass is 10.1. The molecule has 1 aromatic carbocycles. The number of nitrogens with zero attached hydrogens (tertiary/aromatic N) is 1. The van der Waals surface area contributed by atoms with Crippen LogP contribution >= 0.6 is 0 Å². The summed E-state index contributed by atoms with van der Waals surface area (Å²) < 4.78 is 13.6. The van der Waals surface area contributed by atoms with E-state index in [1.807, 2.05) is 18.2 Å². The highest BCUT2D eigenvalue weighted by Gasteiger charge is 2.31. The van der Waals surface area contributed by atoms with Crippen molar-refractivity contribution >= 4 is 6.41 Å². The van der Waals surface area contributed by atoms with Crippen LogP contribution in [0.4, 0.5) is 4.39 Å². The zero-order chi connectivity index (χ0) is 14.7. The number of carbonyl (C=O) groups excluding carboxylic acids is 1. The Labute approximate surface area is 122 Å². The number of fused-ring (bicyclic) bond motifs is 1. The molecular weight excluding hydrogens is 269 g/mol. The SMILES string of the molecule is O=CN[C@H]1Cc2ccccc2C1NCc1ncccc1F. The maximum Gasteiger partial charge on any atom is 0.207 e. The Bertz CT molecular complexity index is 647. The van der Waals surface area contributed by atoms with Gasteiger partial charge in [0.15, 0.2) is 0 Å². The van der Waals surface area contributed by atoms with Crippen molar-refractivity contribution in [3.63, 3.8) is 0 Å². The van der Waals surface area contributed by atoms with Crippen LogP contribution < -0.4 is 10.6 Å². The molecule has 0 saturated carbocycles. The molecule has 2 aromatic rings. The molecule has 1 amide bonds. The van der Waals surface area contributed by atoms with E-state index in [-0.39, 0.29) is 17.9 Å². The molecule has 21 heavy (non-hydrogen) atoms. The van der Waals surface area contributed by atoms with E-state index in [0.29, 0.717) is 18.6 Å². The quantitative estimate of drug-likeness (QED) is 0.823. The predicted octanol–water partition coefficient (Wildman–Crippen LogP) is 1.72. The summed E-state index contributed by atoms with van der Waals surface area (Å²) in [5.41, 5.74) is 2.73. The van der Waals surface area contributed by atoms with Gasteiger partial charge in [0.1, 0.15) is 5.82 Å². The van der Waals surface area contributed by atoms with Crippen LogP contribution in [0.3, 0.4) is 0 Å². The molecule has 2 N–H and O–H groups in total. The first-order valence-corrected chi connectivity index (χ1v) is 6.90. The van der Waals surface area contributed by atoms with Crippen LogP contribution in [0.25, 0.3) is 0 Å². The van der Waals surface area contributed by atoms with Crippen LogP contribution in [0.2, 0.25) is 0 Å². The van der Waals surface area contributed by atoms with Crippen LogP contribution in [-0.4, -0.2) is 17.4 Å². The minimum atomic E-state index is -0.323. The second-order valence-electron chi connectivity index (χ2n) is 5.08. The van der Waals surface area contributed by atoms with Crippen molar-refractivity contribution in [1.29, 1.82) is 0 Å². The maximum absolute atomic E-state index is 13.6. The third kappa shape index (κ3) is 2.78. The Kier molecular flexibility index (Phi) is 3.92. The first-order chi connectivity index (χ1) is 10.3. The molecular formula is C16H16FN3O. The lowest BCUT2D eigenvalue weighted by molar-refractivity contribution is -0.110. The van der Waals surface area contributed by atoms with Gasteiger partial charge in [-0.1, -0.05) is 24.3 Å². The van der Waals surface area contributed by atoms with Crippen molar-refractivity contribution < 1.29 is 9.18 Å². The lowest BCUT2D eigenvalue weighted by Crippen LogP contribution is -2.38. The average molecular weight is 285 g/mol. The van der Waals surface area contributed by atoms with Crippen molar-refractivity contribution in [1.82, 2.24) is 15.6 Å². The van der Waals surface area contributed by atoms with E-state index < -0.39 is 0 Å². The van der Waals surface area contributed by atoms with E-state index in [1.54, 1.807) is 12.3 Å². The van der Waals surface area contributed by atoms with Gasteiger partial charge in [0.05, 0.1) is 17.8 Å². The van der Waals surface area contributed by atoms with Crippen molar-refractivity contribution in [3.05, 3.63) is 65.2 Å². The zero-order valence-electron chi connectivity index (χ0n) is 11.4. The number of aromatic nitrogens is 1. The lowest BCUT2D eigenvalue weighted by Gasteiger charge is -2.21. The number of pyridine rings is 1. The predicted molar refractivity (Wildman–Crippen MR) is 76.9 cm³/mol. The molecule has 0 radical (unpaired) electrons. The summed E-state index contributed by atoms with van der Waals surface area (Å²) in [6.07, 6.45) is 3.06. The molecule has 0 fully saturated rings. The number of carbonyl (C=O) groups is 1. The fourth-order valence-corrected chi connectivity index (χ4v) is 2.84. The van der Waals surface area contributed by atoms with Gasteiger partial charge in [-0.3, -0.25) is 9.78 Å². The standard InChI is InChI=1S/C16H16FN3O/c17-13-6-3-7-18-15(13)9-19-16-12-5-2-1-4-11(12)8-14(16)20-10-21/h1-7,10,14,16,19H,8-9H2,(H,20,21)/t14-,16?/m0/s1. The number of rotatable bonds is 5. The third-order valence-corrected chi connectivity index (χ3v) is 3.84. The molecule has 1 unspecified atom stereocenters. The Hall–Kier alpha value is -2.27. The molecule has 4 nitrogen and oxygen atoms in total. The molecule has 3 rings (SSSR count). The molecule has 108 valence electrons. The minimum Gasteiger partial charge on any atom is -0.354 e.